The van der Waals surface area contributed by atoms with Crippen LogP contribution in [0.1, 0.15) is 11.4 Å². The Balaban J connectivity index is 1.37. The zero-order chi connectivity index (χ0) is 22.2. The molecule has 4 nitrogen and oxygen atoms in total. The number of imidazole rings is 1. The van der Waals surface area contributed by atoms with Crippen LogP contribution in [-0.2, 0) is 19.5 Å². The Bertz CT molecular complexity index is 1510. The molecule has 2 aromatic heterocycles. The second-order valence-electron chi connectivity index (χ2n) is 8.59. The lowest BCUT2D eigenvalue weighted by Gasteiger charge is -2.17. The fourth-order valence-electron chi connectivity index (χ4n) is 4.92. The molecule has 2 heterocycles. The van der Waals surface area contributed by atoms with Gasteiger partial charge in [-0.1, -0.05) is 78.9 Å². The number of hydrogen-bond acceptors (Lipinski definition) is 2. The van der Waals surface area contributed by atoms with Gasteiger partial charge >= 0.3 is 0 Å². The van der Waals surface area contributed by atoms with E-state index in [9.17, 15) is 5.11 Å². The van der Waals surface area contributed by atoms with Crippen LogP contribution in [0.2, 0.25) is 0 Å². The van der Waals surface area contributed by atoms with Crippen molar-refractivity contribution >= 4 is 32.8 Å². The van der Waals surface area contributed by atoms with E-state index in [2.05, 4.69) is 88.0 Å². The van der Waals surface area contributed by atoms with Crippen molar-refractivity contribution in [3.05, 3.63) is 115 Å². The maximum absolute atomic E-state index is 11.3. The van der Waals surface area contributed by atoms with Gasteiger partial charge in [0.15, 0.2) is 0 Å². The van der Waals surface area contributed by atoms with Gasteiger partial charge in [-0.3, -0.25) is 0 Å². The molecule has 0 spiro atoms. The van der Waals surface area contributed by atoms with Crippen LogP contribution in [0.5, 0.6) is 0 Å². The fourth-order valence-corrected chi connectivity index (χ4v) is 4.92. The highest BCUT2D eigenvalue weighted by Crippen LogP contribution is 2.29. The summed E-state index contributed by atoms with van der Waals surface area (Å²) in [6.45, 7) is 1.01. The van der Waals surface area contributed by atoms with Gasteiger partial charge in [0.05, 0.1) is 30.2 Å². The molecule has 0 saturated carbocycles. The molecule has 0 aliphatic carbocycles. The lowest BCUT2D eigenvalue weighted by molar-refractivity contribution is 0.137. The molecule has 6 aromatic rings. The molecule has 1 atom stereocenters. The van der Waals surface area contributed by atoms with Gasteiger partial charge in [0.2, 0.25) is 0 Å². The second kappa shape index (κ2) is 8.23. The molecule has 0 saturated heterocycles. The lowest BCUT2D eigenvalue weighted by Crippen LogP contribution is -2.23. The summed E-state index contributed by atoms with van der Waals surface area (Å²) in [7, 11) is 0. The number of para-hydroxylation sites is 4. The molecule has 6 rings (SSSR count). The van der Waals surface area contributed by atoms with Crippen molar-refractivity contribution in [3.8, 4) is 0 Å². The summed E-state index contributed by atoms with van der Waals surface area (Å²) in [6.07, 6.45) is 0.175. The van der Waals surface area contributed by atoms with Crippen LogP contribution < -0.4 is 0 Å². The Kier molecular flexibility index (Phi) is 4.93. The summed E-state index contributed by atoms with van der Waals surface area (Å²) in [6, 6.07) is 35.4. The summed E-state index contributed by atoms with van der Waals surface area (Å²) in [4.78, 5) is 4.90. The second-order valence-corrected chi connectivity index (χ2v) is 8.59. The third kappa shape index (κ3) is 3.59. The molecule has 0 unspecified atom stereocenters. The van der Waals surface area contributed by atoms with E-state index in [4.69, 9.17) is 4.98 Å². The number of fused-ring (bicyclic) bond motifs is 4. The molecule has 0 aliphatic rings. The minimum absolute atomic E-state index is 0.490. The van der Waals surface area contributed by atoms with E-state index in [1.165, 1.54) is 16.3 Å². The third-order valence-corrected chi connectivity index (χ3v) is 6.41. The smallest absolute Gasteiger partial charge is 0.114 e. The molecule has 4 aromatic carbocycles. The molecule has 33 heavy (non-hydrogen) atoms. The number of aliphatic hydroxyl groups excluding tert-OH is 1. The lowest BCUT2D eigenvalue weighted by atomic mass is 10.1. The van der Waals surface area contributed by atoms with Gasteiger partial charge in [-0.25, -0.2) is 4.98 Å². The van der Waals surface area contributed by atoms with Crippen molar-refractivity contribution < 1.29 is 5.11 Å². The minimum atomic E-state index is -0.559. The van der Waals surface area contributed by atoms with Crippen LogP contribution in [0.4, 0.5) is 0 Å². The Morgan fingerprint density at radius 2 is 1.15 bits per heavy atom. The summed E-state index contributed by atoms with van der Waals surface area (Å²) in [5, 5.41) is 13.7. The van der Waals surface area contributed by atoms with Gasteiger partial charge in [0.25, 0.3) is 0 Å². The first-order valence-corrected chi connectivity index (χ1v) is 11.4. The fraction of sp³-hybridized carbons (Fsp3) is 0.138. The van der Waals surface area contributed by atoms with E-state index >= 15 is 0 Å². The van der Waals surface area contributed by atoms with Crippen LogP contribution >= 0.6 is 0 Å². The van der Waals surface area contributed by atoms with Crippen molar-refractivity contribution in [2.24, 2.45) is 0 Å². The van der Waals surface area contributed by atoms with Crippen molar-refractivity contribution in [1.82, 2.24) is 14.1 Å². The predicted octanol–water partition coefficient (Wildman–Crippen LogP) is 5.80. The highest BCUT2D eigenvalue weighted by atomic mass is 16.3. The predicted molar refractivity (Wildman–Crippen MR) is 134 cm³/mol. The number of aliphatic hydroxyl groups is 1. The van der Waals surface area contributed by atoms with E-state index in [1.54, 1.807) is 0 Å². The maximum Gasteiger partial charge on any atom is 0.114 e. The Hall–Kier alpha value is -3.89. The van der Waals surface area contributed by atoms with Crippen LogP contribution in [0.15, 0.2) is 103 Å². The number of hydrogen-bond donors (Lipinski definition) is 1. The first-order valence-electron chi connectivity index (χ1n) is 11.4. The number of benzene rings is 4. The standard InChI is InChI=1S/C29H25N3O/c33-22(19-31-26-15-7-4-12-23(26)24-13-5-8-16-27(24)31)20-32-28-17-9-6-14-25(28)30-29(32)18-21-10-2-1-3-11-21/h1-17,22,33H,18-20H2/t22-/m0/s1. The first kappa shape index (κ1) is 19.8. The van der Waals surface area contributed by atoms with Gasteiger partial charge in [-0.2, -0.15) is 0 Å². The van der Waals surface area contributed by atoms with Crippen molar-refractivity contribution in [3.63, 3.8) is 0 Å². The van der Waals surface area contributed by atoms with Gasteiger partial charge in [-0.15, -0.1) is 0 Å². The van der Waals surface area contributed by atoms with Crippen LogP contribution in [0.25, 0.3) is 32.8 Å². The van der Waals surface area contributed by atoms with Gasteiger partial charge in [-0.05, 0) is 29.8 Å². The summed E-state index contributed by atoms with van der Waals surface area (Å²) >= 11 is 0. The molecule has 1 N–H and O–H groups in total. The highest BCUT2D eigenvalue weighted by molar-refractivity contribution is 6.07. The molecule has 0 fully saturated rings. The molecule has 4 heteroatoms. The monoisotopic (exact) mass is 431 g/mol. The average Bonchev–Trinajstić information content (AvgIpc) is 3.36. The molecule has 0 aliphatic heterocycles. The van der Waals surface area contributed by atoms with Crippen molar-refractivity contribution in [2.45, 2.75) is 25.6 Å². The number of aromatic nitrogens is 3. The maximum atomic E-state index is 11.3. The normalized spacial score (nSPS) is 12.6. The molecule has 0 radical (unpaired) electrons. The van der Waals surface area contributed by atoms with Crippen molar-refractivity contribution in [2.75, 3.05) is 0 Å². The Morgan fingerprint density at radius 3 is 1.85 bits per heavy atom. The van der Waals surface area contributed by atoms with Crippen LogP contribution in [0.3, 0.4) is 0 Å². The zero-order valence-electron chi connectivity index (χ0n) is 18.3. The first-order chi connectivity index (χ1) is 16.3. The number of rotatable bonds is 6. The quantitative estimate of drug-likeness (QED) is 0.362. The largest absolute Gasteiger partial charge is 0.389 e. The molecule has 162 valence electrons. The topological polar surface area (TPSA) is 43.0 Å². The van der Waals surface area contributed by atoms with Crippen molar-refractivity contribution in [1.29, 1.82) is 0 Å². The third-order valence-electron chi connectivity index (χ3n) is 6.41. The van der Waals surface area contributed by atoms with Gasteiger partial charge < -0.3 is 14.2 Å². The Labute approximate surface area is 192 Å². The van der Waals surface area contributed by atoms with E-state index < -0.39 is 6.10 Å². The summed E-state index contributed by atoms with van der Waals surface area (Å²) in [5.41, 5.74) is 5.54. The molecule has 0 bridgehead atoms. The zero-order valence-corrected chi connectivity index (χ0v) is 18.3. The SMILES string of the molecule is O[C@H](Cn1c(Cc2ccccc2)nc2ccccc21)Cn1c2ccccc2c2ccccc21. The number of nitrogens with zero attached hydrogens (tertiary/aromatic N) is 3. The Morgan fingerprint density at radius 1 is 0.606 bits per heavy atom. The van der Waals surface area contributed by atoms with Crippen LogP contribution in [-0.4, -0.2) is 25.3 Å². The minimum Gasteiger partial charge on any atom is -0.389 e. The average molecular weight is 432 g/mol. The van der Waals surface area contributed by atoms with Gasteiger partial charge in [0, 0.05) is 28.2 Å². The highest BCUT2D eigenvalue weighted by Gasteiger charge is 2.17. The van der Waals surface area contributed by atoms with E-state index in [-0.39, 0.29) is 0 Å². The van der Waals surface area contributed by atoms with Gasteiger partial charge in [0.1, 0.15) is 5.82 Å². The summed E-state index contributed by atoms with van der Waals surface area (Å²) in [5.74, 6) is 0.976. The molecular formula is C29H25N3O. The van der Waals surface area contributed by atoms with E-state index in [0.717, 1.165) is 34.3 Å². The van der Waals surface area contributed by atoms with E-state index in [1.807, 2.05) is 24.3 Å². The molecule has 0 amide bonds. The summed E-state index contributed by atoms with van der Waals surface area (Å²) < 4.78 is 4.42. The van der Waals surface area contributed by atoms with Crippen LogP contribution in [0, 0.1) is 0 Å². The van der Waals surface area contributed by atoms with E-state index in [0.29, 0.717) is 13.1 Å². The molecular weight excluding hydrogens is 406 g/mol.